The van der Waals surface area contributed by atoms with Crippen molar-refractivity contribution in [2.24, 2.45) is 17.8 Å². The van der Waals surface area contributed by atoms with Gasteiger partial charge in [0.15, 0.2) is 17.3 Å². The van der Waals surface area contributed by atoms with Gasteiger partial charge >= 0.3 is 0 Å². The van der Waals surface area contributed by atoms with Gasteiger partial charge in [0.1, 0.15) is 0 Å². The van der Waals surface area contributed by atoms with E-state index in [4.69, 9.17) is 9.47 Å². The first kappa shape index (κ1) is 14.9. The predicted octanol–water partition coefficient (Wildman–Crippen LogP) is 4.48. The number of hydrogen-bond acceptors (Lipinski definition) is 3. The summed E-state index contributed by atoms with van der Waals surface area (Å²) in [5, 5.41) is 0. The Kier molecular flexibility index (Phi) is 4.25. The maximum Gasteiger partial charge on any atom is 0.167 e. The summed E-state index contributed by atoms with van der Waals surface area (Å²) >= 11 is 3.52. The molecule has 0 bridgehead atoms. The lowest BCUT2D eigenvalue weighted by Crippen LogP contribution is -2.14. The first-order valence-electron chi connectivity index (χ1n) is 7.77. The molecule has 0 radical (unpaired) electrons. The van der Waals surface area contributed by atoms with E-state index < -0.39 is 0 Å². The summed E-state index contributed by atoms with van der Waals surface area (Å²) < 4.78 is 12.0. The van der Waals surface area contributed by atoms with Gasteiger partial charge in [0.2, 0.25) is 0 Å². The predicted molar refractivity (Wildman–Crippen MR) is 85.1 cm³/mol. The van der Waals surface area contributed by atoms with E-state index >= 15 is 0 Å². The Morgan fingerprint density at radius 2 is 1.67 bits per heavy atom. The fourth-order valence-corrected chi connectivity index (χ4v) is 3.93. The number of rotatable bonds is 6. The zero-order valence-electron chi connectivity index (χ0n) is 12.5. The van der Waals surface area contributed by atoms with Crippen LogP contribution in [0.3, 0.4) is 0 Å². The number of ketones is 1. The molecule has 0 aromatic heterocycles. The Morgan fingerprint density at radius 1 is 1.10 bits per heavy atom. The third-order valence-corrected chi connectivity index (χ3v) is 5.17. The summed E-state index contributed by atoms with van der Waals surface area (Å²) in [6, 6.07) is 3.70. The normalized spacial score (nSPS) is 26.3. The lowest BCUT2D eigenvalue weighted by Gasteiger charge is -2.16. The maximum absolute atomic E-state index is 12.7. The summed E-state index contributed by atoms with van der Waals surface area (Å²) in [5.74, 6) is 3.42. The minimum atomic E-state index is 0.192. The number of carbonyl (C=O) groups excluding carboxylic acids is 1. The second-order valence-electron chi connectivity index (χ2n) is 5.93. The molecule has 2 saturated carbocycles. The van der Waals surface area contributed by atoms with Crippen molar-refractivity contribution < 1.29 is 14.3 Å². The molecule has 114 valence electrons. The van der Waals surface area contributed by atoms with Crippen molar-refractivity contribution in [2.75, 3.05) is 13.2 Å². The molecule has 1 aromatic rings. The maximum atomic E-state index is 12.7. The van der Waals surface area contributed by atoms with Gasteiger partial charge < -0.3 is 9.47 Å². The van der Waals surface area contributed by atoms with Crippen molar-refractivity contribution >= 4 is 21.7 Å². The summed E-state index contributed by atoms with van der Waals surface area (Å²) in [4.78, 5) is 12.7. The molecule has 4 heteroatoms. The number of ether oxygens (including phenoxy) is 2. The Balaban J connectivity index is 1.86. The van der Waals surface area contributed by atoms with Crippen LogP contribution in [0, 0.1) is 17.8 Å². The molecular formula is C17H21BrO3. The monoisotopic (exact) mass is 352 g/mol. The quantitative estimate of drug-likeness (QED) is 0.708. The molecule has 2 fully saturated rings. The van der Waals surface area contributed by atoms with Crippen LogP contribution in [0.1, 0.15) is 43.5 Å². The third kappa shape index (κ3) is 2.96. The van der Waals surface area contributed by atoms with Crippen LogP contribution in [0.5, 0.6) is 11.5 Å². The Hall–Kier alpha value is -1.03. The third-order valence-electron chi connectivity index (χ3n) is 4.51. The minimum absolute atomic E-state index is 0.192. The fraction of sp³-hybridized carbons (Fsp3) is 0.588. The summed E-state index contributed by atoms with van der Waals surface area (Å²) in [6.45, 7) is 5.01. The van der Waals surface area contributed by atoms with Crippen LogP contribution in [0.4, 0.5) is 0 Å². The van der Waals surface area contributed by atoms with E-state index in [2.05, 4.69) is 15.9 Å². The van der Waals surface area contributed by atoms with Gasteiger partial charge in [-0.25, -0.2) is 0 Å². The summed E-state index contributed by atoms with van der Waals surface area (Å²) in [6.07, 6.45) is 3.46. The molecule has 2 aliphatic carbocycles. The highest BCUT2D eigenvalue weighted by molar-refractivity contribution is 9.10. The lowest BCUT2D eigenvalue weighted by molar-refractivity contribution is 0.0913. The Labute approximate surface area is 134 Å². The zero-order chi connectivity index (χ0) is 15.0. The topological polar surface area (TPSA) is 35.5 Å². The Morgan fingerprint density at radius 3 is 2.24 bits per heavy atom. The van der Waals surface area contributed by atoms with Crippen LogP contribution >= 0.6 is 15.9 Å². The van der Waals surface area contributed by atoms with Gasteiger partial charge in [0.05, 0.1) is 13.2 Å². The van der Waals surface area contributed by atoms with Gasteiger partial charge in [-0.3, -0.25) is 4.79 Å². The van der Waals surface area contributed by atoms with Gasteiger partial charge in [0.25, 0.3) is 0 Å². The van der Waals surface area contributed by atoms with E-state index in [0.717, 1.165) is 34.7 Å². The molecule has 0 N–H and O–H groups in total. The number of carbonyl (C=O) groups is 1. The largest absolute Gasteiger partial charge is 0.490 e. The van der Waals surface area contributed by atoms with Gasteiger partial charge in [-0.05, 0) is 73.0 Å². The number of benzene rings is 1. The molecule has 2 aliphatic rings. The van der Waals surface area contributed by atoms with Gasteiger partial charge in [-0.2, -0.15) is 0 Å². The number of hydrogen-bond donors (Lipinski definition) is 0. The number of Topliss-reactive ketones (excluding diaryl/α,β-unsaturated/α-hetero) is 1. The van der Waals surface area contributed by atoms with Gasteiger partial charge in [-0.1, -0.05) is 0 Å². The van der Waals surface area contributed by atoms with E-state index in [1.165, 1.54) is 6.42 Å². The van der Waals surface area contributed by atoms with E-state index in [0.29, 0.717) is 24.7 Å². The van der Waals surface area contributed by atoms with E-state index in [1.807, 2.05) is 26.0 Å². The highest BCUT2D eigenvalue weighted by Crippen LogP contribution is 2.55. The first-order chi connectivity index (χ1) is 10.1. The smallest absolute Gasteiger partial charge is 0.167 e. The van der Waals surface area contributed by atoms with E-state index in [-0.39, 0.29) is 11.7 Å². The van der Waals surface area contributed by atoms with Crippen molar-refractivity contribution in [1.82, 2.24) is 0 Å². The molecule has 0 spiro atoms. The second kappa shape index (κ2) is 5.99. The molecule has 3 nitrogen and oxygen atoms in total. The van der Waals surface area contributed by atoms with Gasteiger partial charge in [-0.15, -0.1) is 0 Å². The number of fused-ring (bicyclic) bond motifs is 1. The molecule has 0 saturated heterocycles. The summed E-state index contributed by atoms with van der Waals surface area (Å²) in [5.41, 5.74) is 0.730. The van der Waals surface area contributed by atoms with Crippen LogP contribution in [0.15, 0.2) is 16.6 Å². The van der Waals surface area contributed by atoms with E-state index in [1.54, 1.807) is 0 Å². The molecule has 1 aromatic carbocycles. The molecule has 3 rings (SSSR count). The van der Waals surface area contributed by atoms with Crippen molar-refractivity contribution in [2.45, 2.75) is 33.1 Å². The van der Waals surface area contributed by atoms with Crippen LogP contribution in [0.25, 0.3) is 0 Å². The molecule has 2 unspecified atom stereocenters. The summed E-state index contributed by atoms with van der Waals surface area (Å²) in [7, 11) is 0. The average molecular weight is 353 g/mol. The minimum Gasteiger partial charge on any atom is -0.490 e. The highest BCUT2D eigenvalue weighted by Gasteiger charge is 2.48. The van der Waals surface area contributed by atoms with Crippen LogP contribution in [-0.2, 0) is 0 Å². The van der Waals surface area contributed by atoms with E-state index in [9.17, 15) is 4.79 Å². The van der Waals surface area contributed by atoms with Crippen molar-refractivity contribution in [3.63, 3.8) is 0 Å². The van der Waals surface area contributed by atoms with Crippen LogP contribution in [-0.4, -0.2) is 19.0 Å². The molecule has 21 heavy (non-hydrogen) atoms. The molecule has 0 amide bonds. The average Bonchev–Trinajstić information content (AvgIpc) is 3.07. The van der Waals surface area contributed by atoms with Gasteiger partial charge in [0, 0.05) is 16.0 Å². The highest BCUT2D eigenvalue weighted by atomic mass is 79.9. The van der Waals surface area contributed by atoms with Crippen molar-refractivity contribution in [3.8, 4) is 11.5 Å². The second-order valence-corrected chi connectivity index (χ2v) is 6.79. The first-order valence-corrected chi connectivity index (χ1v) is 8.56. The molecular weight excluding hydrogens is 332 g/mol. The standard InChI is InChI=1S/C17H21BrO3/c1-3-20-15-8-13(14(18)9-16(15)21-4-2)17(19)12-6-10-5-11(10)7-12/h8-12H,3-7H2,1-2H3. The molecule has 0 heterocycles. The Bertz CT molecular complexity index is 545. The molecule has 0 aliphatic heterocycles. The van der Waals surface area contributed by atoms with Crippen LogP contribution in [0.2, 0.25) is 0 Å². The molecule has 2 atom stereocenters. The van der Waals surface area contributed by atoms with Crippen molar-refractivity contribution in [3.05, 3.63) is 22.2 Å². The fourth-order valence-electron chi connectivity index (χ4n) is 3.41. The lowest BCUT2D eigenvalue weighted by atomic mass is 9.93. The SMILES string of the molecule is CCOc1cc(Br)c(C(=O)C2CC3CC3C2)cc1OCC. The number of halogens is 1. The van der Waals surface area contributed by atoms with Crippen molar-refractivity contribution in [1.29, 1.82) is 0 Å². The van der Waals surface area contributed by atoms with Crippen LogP contribution < -0.4 is 9.47 Å². The zero-order valence-corrected chi connectivity index (χ0v) is 14.1.